The number of nitrogens with one attached hydrogen (secondary N) is 1. The molecule has 0 bridgehead atoms. The Hall–Kier alpha value is -4.44. The van der Waals surface area contributed by atoms with Gasteiger partial charge in [-0.3, -0.25) is 9.36 Å². The topological polar surface area (TPSA) is 108 Å². The smallest absolute Gasteiger partial charge is 0.343 e. The highest BCUT2D eigenvalue weighted by Crippen LogP contribution is 2.21. The first-order valence-electron chi connectivity index (χ1n) is 10.9. The molecule has 0 atom stereocenters. The van der Waals surface area contributed by atoms with Crippen LogP contribution in [0.5, 0.6) is 11.5 Å². The van der Waals surface area contributed by atoms with Gasteiger partial charge in [0.25, 0.3) is 5.91 Å². The molecule has 1 amide bonds. The van der Waals surface area contributed by atoms with Gasteiger partial charge in [-0.2, -0.15) is 5.10 Å². The predicted octanol–water partition coefficient (Wildman–Crippen LogP) is 4.05. The van der Waals surface area contributed by atoms with Crippen LogP contribution >= 0.6 is 11.8 Å². The molecule has 182 valence electrons. The van der Waals surface area contributed by atoms with Crippen LogP contribution in [0.4, 0.5) is 0 Å². The number of aryl methyl sites for hydroxylation is 1. The van der Waals surface area contributed by atoms with Gasteiger partial charge in [0, 0.05) is 5.69 Å². The van der Waals surface area contributed by atoms with Crippen LogP contribution in [0.25, 0.3) is 5.69 Å². The second kappa shape index (κ2) is 11.8. The summed E-state index contributed by atoms with van der Waals surface area (Å²) in [5.41, 5.74) is 4.58. The van der Waals surface area contributed by atoms with E-state index in [4.69, 9.17) is 9.47 Å². The van der Waals surface area contributed by atoms with E-state index in [0.29, 0.717) is 22.2 Å². The average molecular weight is 502 g/mol. The molecule has 0 radical (unpaired) electrons. The van der Waals surface area contributed by atoms with Gasteiger partial charge < -0.3 is 9.47 Å². The van der Waals surface area contributed by atoms with Crippen molar-refractivity contribution in [3.63, 3.8) is 0 Å². The number of carbonyl (C=O) groups is 2. The SMILES string of the molecule is COc1ccc(C(=O)Oc2ccc(/C=N/NC(=O)CSc3nnc(C)n3-c3ccccc3)cc2)cc1. The van der Waals surface area contributed by atoms with Crippen molar-refractivity contribution in [2.75, 3.05) is 12.9 Å². The van der Waals surface area contributed by atoms with Crippen LogP contribution < -0.4 is 14.9 Å². The summed E-state index contributed by atoms with van der Waals surface area (Å²) < 4.78 is 12.4. The number of methoxy groups -OCH3 is 1. The fourth-order valence-electron chi connectivity index (χ4n) is 3.17. The van der Waals surface area contributed by atoms with Crippen molar-refractivity contribution in [3.8, 4) is 17.2 Å². The molecule has 36 heavy (non-hydrogen) atoms. The first-order chi connectivity index (χ1) is 17.5. The second-order valence-corrected chi connectivity index (χ2v) is 8.41. The first-order valence-corrected chi connectivity index (χ1v) is 11.9. The van der Waals surface area contributed by atoms with E-state index >= 15 is 0 Å². The lowest BCUT2D eigenvalue weighted by molar-refractivity contribution is -0.118. The Morgan fingerprint density at radius 3 is 2.36 bits per heavy atom. The van der Waals surface area contributed by atoms with E-state index in [1.165, 1.54) is 18.0 Å². The van der Waals surface area contributed by atoms with Crippen LogP contribution in [0.15, 0.2) is 89.1 Å². The highest BCUT2D eigenvalue weighted by Gasteiger charge is 2.13. The molecule has 0 spiro atoms. The summed E-state index contributed by atoms with van der Waals surface area (Å²) in [6, 6.07) is 23.1. The minimum absolute atomic E-state index is 0.128. The van der Waals surface area contributed by atoms with Gasteiger partial charge in [-0.25, -0.2) is 10.2 Å². The number of hydrogen-bond donors (Lipinski definition) is 1. The number of hydrazone groups is 1. The zero-order chi connectivity index (χ0) is 25.3. The number of benzene rings is 3. The van der Waals surface area contributed by atoms with Gasteiger partial charge in [-0.05, 0) is 73.2 Å². The van der Waals surface area contributed by atoms with E-state index in [9.17, 15) is 9.59 Å². The summed E-state index contributed by atoms with van der Waals surface area (Å²) in [5, 5.41) is 12.9. The van der Waals surface area contributed by atoms with Crippen molar-refractivity contribution >= 4 is 29.9 Å². The van der Waals surface area contributed by atoms with Crippen LogP contribution in [0, 0.1) is 6.92 Å². The third-order valence-corrected chi connectivity index (χ3v) is 5.89. The molecule has 0 saturated heterocycles. The van der Waals surface area contributed by atoms with E-state index in [2.05, 4.69) is 20.7 Å². The van der Waals surface area contributed by atoms with Crippen molar-refractivity contribution in [1.29, 1.82) is 0 Å². The minimum atomic E-state index is -0.470. The Morgan fingerprint density at radius 2 is 1.67 bits per heavy atom. The van der Waals surface area contributed by atoms with Crippen LogP contribution in [-0.2, 0) is 4.79 Å². The van der Waals surface area contributed by atoms with E-state index < -0.39 is 5.97 Å². The van der Waals surface area contributed by atoms with Gasteiger partial charge in [-0.1, -0.05) is 30.0 Å². The molecule has 0 fully saturated rings. The van der Waals surface area contributed by atoms with Gasteiger partial charge in [0.1, 0.15) is 17.3 Å². The fraction of sp³-hybridized carbons (Fsp3) is 0.115. The molecule has 0 unspecified atom stereocenters. The van der Waals surface area contributed by atoms with Gasteiger partial charge >= 0.3 is 5.97 Å². The van der Waals surface area contributed by atoms with Crippen LogP contribution in [0.1, 0.15) is 21.7 Å². The largest absolute Gasteiger partial charge is 0.497 e. The molecule has 0 aliphatic rings. The number of para-hydroxylation sites is 1. The maximum absolute atomic E-state index is 12.3. The summed E-state index contributed by atoms with van der Waals surface area (Å²) in [7, 11) is 1.56. The van der Waals surface area contributed by atoms with Gasteiger partial charge in [-0.15, -0.1) is 10.2 Å². The number of carbonyl (C=O) groups excluding carboxylic acids is 2. The highest BCUT2D eigenvalue weighted by molar-refractivity contribution is 7.99. The van der Waals surface area contributed by atoms with Crippen molar-refractivity contribution in [2.24, 2.45) is 5.10 Å². The maximum Gasteiger partial charge on any atom is 0.343 e. The quantitative estimate of drug-likeness (QED) is 0.121. The van der Waals surface area contributed by atoms with Crippen LogP contribution in [0.3, 0.4) is 0 Å². The molecule has 1 aromatic heterocycles. The summed E-state index contributed by atoms with van der Waals surface area (Å²) in [6.45, 7) is 1.86. The Balaban J connectivity index is 1.26. The summed E-state index contributed by atoms with van der Waals surface area (Å²) >= 11 is 1.27. The fourth-order valence-corrected chi connectivity index (χ4v) is 3.96. The number of nitrogens with zero attached hydrogens (tertiary/aromatic N) is 4. The summed E-state index contributed by atoms with van der Waals surface area (Å²) in [4.78, 5) is 24.5. The number of thioether (sulfide) groups is 1. The molecular formula is C26H23N5O4S. The monoisotopic (exact) mass is 501 g/mol. The second-order valence-electron chi connectivity index (χ2n) is 7.47. The molecule has 3 aromatic carbocycles. The van der Waals surface area contributed by atoms with Gasteiger partial charge in [0.15, 0.2) is 5.16 Å². The van der Waals surface area contributed by atoms with Crippen LogP contribution in [-0.4, -0.2) is 45.7 Å². The van der Waals surface area contributed by atoms with Crippen LogP contribution in [0.2, 0.25) is 0 Å². The van der Waals surface area contributed by atoms with E-state index in [1.54, 1.807) is 55.6 Å². The lowest BCUT2D eigenvalue weighted by atomic mass is 10.2. The van der Waals surface area contributed by atoms with E-state index in [0.717, 1.165) is 17.1 Å². The Morgan fingerprint density at radius 1 is 0.972 bits per heavy atom. The summed E-state index contributed by atoms with van der Waals surface area (Å²) in [5.74, 6) is 1.17. The predicted molar refractivity (Wildman–Crippen MR) is 137 cm³/mol. The summed E-state index contributed by atoms with van der Waals surface area (Å²) in [6.07, 6.45) is 1.51. The molecule has 0 aliphatic heterocycles. The third-order valence-electron chi connectivity index (χ3n) is 4.96. The molecule has 0 saturated carbocycles. The zero-order valence-corrected chi connectivity index (χ0v) is 20.4. The lowest BCUT2D eigenvalue weighted by Crippen LogP contribution is -2.20. The van der Waals surface area contributed by atoms with Gasteiger partial charge in [0.05, 0.1) is 24.6 Å². The highest BCUT2D eigenvalue weighted by atomic mass is 32.2. The molecule has 4 aromatic rings. The first kappa shape index (κ1) is 24.7. The minimum Gasteiger partial charge on any atom is -0.497 e. The molecule has 9 nitrogen and oxygen atoms in total. The molecule has 10 heteroatoms. The number of aromatic nitrogens is 3. The van der Waals surface area contributed by atoms with Crippen molar-refractivity contribution in [3.05, 3.63) is 95.8 Å². The van der Waals surface area contributed by atoms with E-state index in [-0.39, 0.29) is 11.7 Å². The molecule has 1 heterocycles. The number of ether oxygens (including phenoxy) is 2. The molecule has 0 aliphatic carbocycles. The normalized spacial score (nSPS) is 10.8. The average Bonchev–Trinajstić information content (AvgIpc) is 3.29. The zero-order valence-electron chi connectivity index (χ0n) is 19.6. The Kier molecular flexibility index (Phi) is 8.09. The molecule has 4 rings (SSSR count). The van der Waals surface area contributed by atoms with Crippen molar-refractivity contribution in [1.82, 2.24) is 20.2 Å². The number of amides is 1. The maximum atomic E-state index is 12.3. The molecule has 1 N–H and O–H groups in total. The van der Waals surface area contributed by atoms with Gasteiger partial charge in [0.2, 0.25) is 0 Å². The lowest BCUT2D eigenvalue weighted by Gasteiger charge is -2.07. The van der Waals surface area contributed by atoms with Crippen molar-refractivity contribution in [2.45, 2.75) is 12.1 Å². The standard InChI is InChI=1S/C26H23N5O4S/c1-18-28-30-26(31(18)21-6-4-3-5-7-21)36-17-24(32)29-27-16-19-8-12-23(13-9-19)35-25(33)20-10-14-22(34-2)15-11-20/h3-16H,17H2,1-2H3,(H,29,32)/b27-16+. The number of esters is 1. The Bertz CT molecular complexity index is 1350. The third kappa shape index (κ3) is 6.36. The van der Waals surface area contributed by atoms with Crippen molar-refractivity contribution < 1.29 is 19.1 Å². The van der Waals surface area contributed by atoms with E-state index in [1.807, 2.05) is 41.8 Å². The Labute approximate surface area is 212 Å². The number of hydrogen-bond acceptors (Lipinski definition) is 8. The molecular weight excluding hydrogens is 478 g/mol. The number of rotatable bonds is 9.